The second-order valence-corrected chi connectivity index (χ2v) is 9.32. The van der Waals surface area contributed by atoms with Gasteiger partial charge in [0.15, 0.2) is 0 Å². The normalized spacial score (nSPS) is 18.1. The second-order valence-electron chi connectivity index (χ2n) is 9.32. The molecule has 1 aliphatic heterocycles. The van der Waals surface area contributed by atoms with Crippen LogP contribution in [0.3, 0.4) is 0 Å². The van der Waals surface area contributed by atoms with Crippen LogP contribution in [0, 0.1) is 0 Å². The minimum atomic E-state index is -4.45. The Hall–Kier alpha value is -3.68. The monoisotopic (exact) mass is 512 g/mol. The van der Waals surface area contributed by atoms with Gasteiger partial charge in [-0.3, -0.25) is 4.79 Å². The number of fused-ring (bicyclic) bond motifs is 2. The highest BCUT2D eigenvalue weighted by Gasteiger charge is 2.37. The van der Waals surface area contributed by atoms with Crippen LogP contribution in [0.15, 0.2) is 54.6 Å². The van der Waals surface area contributed by atoms with Crippen molar-refractivity contribution in [2.75, 3.05) is 20.8 Å². The number of alkyl halides is 3. The van der Waals surface area contributed by atoms with Crippen LogP contribution in [0.2, 0.25) is 0 Å². The van der Waals surface area contributed by atoms with Crippen molar-refractivity contribution in [2.24, 2.45) is 0 Å². The lowest BCUT2D eigenvalue weighted by Crippen LogP contribution is -2.13. The van der Waals surface area contributed by atoms with Crippen LogP contribution in [-0.2, 0) is 28.5 Å². The Balaban J connectivity index is 1.40. The Morgan fingerprint density at radius 3 is 2.43 bits per heavy atom. The fourth-order valence-corrected chi connectivity index (χ4v) is 5.22. The predicted molar refractivity (Wildman–Crippen MR) is 130 cm³/mol. The van der Waals surface area contributed by atoms with Gasteiger partial charge in [-0.25, -0.2) is 0 Å². The number of methoxy groups -OCH3 is 2. The summed E-state index contributed by atoms with van der Waals surface area (Å²) in [4.78, 5) is 11.7. The first-order valence-electron chi connectivity index (χ1n) is 12.1. The van der Waals surface area contributed by atoms with Gasteiger partial charge in [0.1, 0.15) is 23.4 Å². The smallest absolute Gasteiger partial charge is 0.416 e. The van der Waals surface area contributed by atoms with E-state index in [0.717, 1.165) is 16.7 Å². The molecule has 0 radical (unpaired) electrons. The summed E-state index contributed by atoms with van der Waals surface area (Å²) < 4.78 is 63.8. The molecule has 0 saturated heterocycles. The first-order valence-corrected chi connectivity index (χ1v) is 12.1. The predicted octanol–water partition coefficient (Wildman–Crippen LogP) is 6.41. The molecule has 1 heterocycles. The van der Waals surface area contributed by atoms with Gasteiger partial charge >= 0.3 is 12.1 Å². The average molecular weight is 513 g/mol. The number of hydrogen-bond donors (Lipinski definition) is 0. The van der Waals surface area contributed by atoms with Crippen molar-refractivity contribution in [2.45, 2.75) is 43.9 Å². The van der Waals surface area contributed by atoms with E-state index < -0.39 is 11.7 Å². The summed E-state index contributed by atoms with van der Waals surface area (Å²) in [6.45, 7) is 0.384. The molecule has 0 spiro atoms. The maximum atomic E-state index is 13.9. The fraction of sp³-hybridized carbons (Fsp3) is 0.345. The number of esters is 1. The lowest BCUT2D eigenvalue weighted by Gasteiger charge is -2.20. The largest absolute Gasteiger partial charge is 0.497 e. The SMILES string of the molecule is COC(=O)CC1COc2cc(O[C@@H]3CCc4c3ccc(C(F)(F)F)c4Cc3ccc(OC)cc3)ccc21. The molecule has 0 aromatic heterocycles. The minimum absolute atomic E-state index is 0.0787. The van der Waals surface area contributed by atoms with E-state index in [1.54, 1.807) is 43.5 Å². The van der Waals surface area contributed by atoms with Gasteiger partial charge in [-0.1, -0.05) is 24.3 Å². The number of ether oxygens (including phenoxy) is 4. The van der Waals surface area contributed by atoms with E-state index in [0.29, 0.717) is 47.8 Å². The van der Waals surface area contributed by atoms with E-state index >= 15 is 0 Å². The first kappa shape index (κ1) is 25.0. The number of halogens is 3. The van der Waals surface area contributed by atoms with Gasteiger partial charge in [-0.05, 0) is 65.8 Å². The van der Waals surface area contributed by atoms with Crippen LogP contribution in [-0.4, -0.2) is 26.8 Å². The van der Waals surface area contributed by atoms with Crippen LogP contribution in [0.1, 0.15) is 58.2 Å². The third kappa shape index (κ3) is 5.10. The highest BCUT2D eigenvalue weighted by Crippen LogP contribution is 2.44. The molecule has 1 aliphatic carbocycles. The molecule has 37 heavy (non-hydrogen) atoms. The summed E-state index contributed by atoms with van der Waals surface area (Å²) >= 11 is 0. The lowest BCUT2D eigenvalue weighted by atomic mass is 9.92. The Labute approximate surface area is 213 Å². The van der Waals surface area contributed by atoms with Crippen molar-refractivity contribution in [3.8, 4) is 17.2 Å². The number of carbonyl (C=O) groups is 1. The standard InChI is InChI=1S/C29H27F3O5/c1-34-19-5-3-17(4-6-19)13-24-22-10-12-26(23(22)9-11-25(24)29(30,31)32)37-20-7-8-21-18(14-28(33)35-2)16-36-27(21)15-20/h3-9,11,15,18,26H,10,12-14,16H2,1-2H3/t18?,26-/m1/s1. The molecule has 0 amide bonds. The number of rotatable bonds is 7. The zero-order valence-electron chi connectivity index (χ0n) is 20.6. The van der Waals surface area contributed by atoms with E-state index in [1.165, 1.54) is 13.2 Å². The van der Waals surface area contributed by atoms with Crippen LogP contribution in [0.4, 0.5) is 13.2 Å². The van der Waals surface area contributed by atoms with Crippen molar-refractivity contribution in [1.82, 2.24) is 0 Å². The molecule has 2 atom stereocenters. The van der Waals surface area contributed by atoms with Crippen molar-refractivity contribution in [3.63, 3.8) is 0 Å². The van der Waals surface area contributed by atoms with Crippen molar-refractivity contribution in [3.05, 3.63) is 88.0 Å². The highest BCUT2D eigenvalue weighted by molar-refractivity contribution is 5.71. The summed E-state index contributed by atoms with van der Waals surface area (Å²) in [5, 5.41) is 0. The van der Waals surface area contributed by atoms with E-state index in [1.807, 2.05) is 12.1 Å². The summed E-state index contributed by atoms with van der Waals surface area (Å²) in [6.07, 6.45) is -3.33. The molecular weight excluding hydrogens is 485 g/mol. The van der Waals surface area contributed by atoms with E-state index in [4.69, 9.17) is 18.9 Å². The number of carbonyl (C=O) groups excluding carboxylic acids is 1. The quantitative estimate of drug-likeness (QED) is 0.343. The Kier molecular flexibility index (Phi) is 6.75. The van der Waals surface area contributed by atoms with Gasteiger partial charge in [0.05, 0.1) is 32.8 Å². The summed E-state index contributed by atoms with van der Waals surface area (Å²) in [6, 6.07) is 15.3. The first-order chi connectivity index (χ1) is 17.8. The van der Waals surface area contributed by atoms with E-state index in [9.17, 15) is 18.0 Å². The Morgan fingerprint density at radius 1 is 1.00 bits per heavy atom. The molecular formula is C29H27F3O5. The van der Waals surface area contributed by atoms with Gasteiger partial charge < -0.3 is 18.9 Å². The van der Waals surface area contributed by atoms with Crippen molar-refractivity contribution < 1.29 is 36.9 Å². The molecule has 5 nitrogen and oxygen atoms in total. The maximum Gasteiger partial charge on any atom is 0.416 e. The van der Waals surface area contributed by atoms with Gasteiger partial charge in [-0.15, -0.1) is 0 Å². The lowest BCUT2D eigenvalue weighted by molar-refractivity contribution is -0.141. The van der Waals surface area contributed by atoms with Gasteiger partial charge in [0.2, 0.25) is 0 Å². The molecule has 3 aromatic carbocycles. The molecule has 0 saturated carbocycles. The highest BCUT2D eigenvalue weighted by atomic mass is 19.4. The van der Waals surface area contributed by atoms with Crippen LogP contribution in [0.5, 0.6) is 17.2 Å². The van der Waals surface area contributed by atoms with Gasteiger partial charge in [0.25, 0.3) is 0 Å². The summed E-state index contributed by atoms with van der Waals surface area (Å²) in [7, 11) is 2.91. The third-order valence-electron chi connectivity index (χ3n) is 7.10. The molecule has 194 valence electrons. The topological polar surface area (TPSA) is 54.0 Å². The van der Waals surface area contributed by atoms with Gasteiger partial charge in [0, 0.05) is 17.5 Å². The zero-order chi connectivity index (χ0) is 26.2. The van der Waals surface area contributed by atoms with Crippen molar-refractivity contribution >= 4 is 5.97 Å². The molecule has 8 heteroatoms. The summed E-state index contributed by atoms with van der Waals surface area (Å²) in [5.41, 5.74) is 2.87. The molecule has 2 aliphatic rings. The maximum absolute atomic E-state index is 13.9. The van der Waals surface area contributed by atoms with Crippen LogP contribution >= 0.6 is 0 Å². The Bertz CT molecular complexity index is 1300. The average Bonchev–Trinajstić information content (AvgIpc) is 3.48. The third-order valence-corrected chi connectivity index (χ3v) is 7.10. The zero-order valence-corrected chi connectivity index (χ0v) is 20.6. The number of hydrogen-bond acceptors (Lipinski definition) is 5. The molecule has 0 fully saturated rings. The van der Waals surface area contributed by atoms with Crippen LogP contribution < -0.4 is 14.2 Å². The molecule has 3 aromatic rings. The molecule has 0 bridgehead atoms. The van der Waals surface area contributed by atoms with Crippen molar-refractivity contribution in [1.29, 1.82) is 0 Å². The molecule has 5 rings (SSSR count). The molecule has 0 N–H and O–H groups in total. The van der Waals surface area contributed by atoms with E-state index in [2.05, 4.69) is 0 Å². The van der Waals surface area contributed by atoms with E-state index in [-0.39, 0.29) is 30.8 Å². The number of benzene rings is 3. The fourth-order valence-electron chi connectivity index (χ4n) is 5.22. The second kappa shape index (κ2) is 10.00. The molecule has 1 unspecified atom stereocenters. The van der Waals surface area contributed by atoms with Crippen LogP contribution in [0.25, 0.3) is 0 Å². The Morgan fingerprint density at radius 2 is 1.73 bits per heavy atom. The van der Waals surface area contributed by atoms with Gasteiger partial charge in [-0.2, -0.15) is 13.2 Å². The minimum Gasteiger partial charge on any atom is -0.497 e. The summed E-state index contributed by atoms with van der Waals surface area (Å²) in [5.74, 6) is 1.50.